The number of aromatic nitrogens is 1. The number of carbonyl (C=O) groups excluding carboxylic acids is 2. The molecule has 0 aliphatic heterocycles. The van der Waals surface area contributed by atoms with Gasteiger partial charge in [0.1, 0.15) is 12.2 Å². The highest BCUT2D eigenvalue weighted by molar-refractivity contribution is 6.06. The monoisotopic (exact) mass is 284 g/mol. The van der Waals surface area contributed by atoms with E-state index in [1.807, 2.05) is 30.3 Å². The van der Waals surface area contributed by atoms with Gasteiger partial charge in [-0.25, -0.2) is 4.98 Å². The molecule has 1 aromatic carbocycles. The molecule has 1 N–H and O–H groups in total. The lowest BCUT2D eigenvalue weighted by molar-refractivity contribution is -0.141. The number of anilines is 2. The highest BCUT2D eigenvalue weighted by Gasteiger charge is 2.13. The Labute approximate surface area is 123 Å². The fourth-order valence-electron chi connectivity index (χ4n) is 1.79. The summed E-state index contributed by atoms with van der Waals surface area (Å²) in [7, 11) is 0. The van der Waals surface area contributed by atoms with E-state index in [1.165, 1.54) is 6.20 Å². The van der Waals surface area contributed by atoms with Crippen molar-refractivity contribution in [1.82, 2.24) is 4.98 Å². The molecule has 5 nitrogen and oxygen atoms in total. The van der Waals surface area contributed by atoms with Crippen LogP contribution in [-0.2, 0) is 9.53 Å². The van der Waals surface area contributed by atoms with Gasteiger partial charge in [0.25, 0.3) is 0 Å². The van der Waals surface area contributed by atoms with E-state index < -0.39 is 5.97 Å². The number of nitrogens with zero attached hydrogens (tertiary/aromatic N) is 1. The quantitative estimate of drug-likeness (QED) is 0.502. The molecule has 0 saturated carbocycles. The Morgan fingerprint density at radius 2 is 1.95 bits per heavy atom. The van der Waals surface area contributed by atoms with Crippen LogP contribution in [0.5, 0.6) is 0 Å². The summed E-state index contributed by atoms with van der Waals surface area (Å²) in [4.78, 5) is 27.5. The lowest BCUT2D eigenvalue weighted by Gasteiger charge is -2.07. The maximum Gasteiger partial charge on any atom is 0.313 e. The van der Waals surface area contributed by atoms with Crippen LogP contribution in [0.25, 0.3) is 0 Å². The van der Waals surface area contributed by atoms with Crippen molar-refractivity contribution in [3.63, 3.8) is 0 Å². The van der Waals surface area contributed by atoms with E-state index in [-0.39, 0.29) is 18.8 Å². The number of hydrogen-bond acceptors (Lipinski definition) is 5. The third-order valence-electron chi connectivity index (χ3n) is 2.74. The molecular weight excluding hydrogens is 268 g/mol. The fraction of sp³-hybridized carbons (Fsp3) is 0.188. The van der Waals surface area contributed by atoms with Crippen molar-refractivity contribution in [2.45, 2.75) is 13.3 Å². The Morgan fingerprint density at radius 1 is 1.19 bits per heavy atom. The second-order valence-electron chi connectivity index (χ2n) is 4.33. The van der Waals surface area contributed by atoms with E-state index in [9.17, 15) is 9.59 Å². The number of ketones is 1. The Hall–Kier alpha value is -2.69. The average molecular weight is 284 g/mol. The van der Waals surface area contributed by atoms with Gasteiger partial charge in [-0.3, -0.25) is 9.59 Å². The van der Waals surface area contributed by atoms with Crippen molar-refractivity contribution in [3.05, 3.63) is 54.2 Å². The van der Waals surface area contributed by atoms with Gasteiger partial charge in [0.15, 0.2) is 5.78 Å². The lowest BCUT2D eigenvalue weighted by Crippen LogP contribution is -2.11. The zero-order valence-corrected chi connectivity index (χ0v) is 11.7. The number of rotatable bonds is 6. The Bertz CT molecular complexity index is 626. The molecule has 0 radical (unpaired) electrons. The van der Waals surface area contributed by atoms with Crippen molar-refractivity contribution in [1.29, 1.82) is 0 Å². The number of hydrogen-bond donors (Lipinski definition) is 1. The minimum atomic E-state index is -0.517. The van der Waals surface area contributed by atoms with Crippen LogP contribution in [-0.4, -0.2) is 23.3 Å². The van der Waals surface area contributed by atoms with E-state index in [2.05, 4.69) is 10.3 Å². The fourth-order valence-corrected chi connectivity index (χ4v) is 1.79. The van der Waals surface area contributed by atoms with Gasteiger partial charge >= 0.3 is 5.97 Å². The number of para-hydroxylation sites is 1. The molecule has 2 aromatic rings. The van der Waals surface area contributed by atoms with Crippen molar-refractivity contribution in [2.75, 3.05) is 11.9 Å². The summed E-state index contributed by atoms with van der Waals surface area (Å²) < 4.78 is 4.77. The Balaban J connectivity index is 2.07. The summed E-state index contributed by atoms with van der Waals surface area (Å²) in [5.41, 5.74) is 1.30. The second-order valence-corrected chi connectivity index (χ2v) is 4.33. The second kappa shape index (κ2) is 7.19. The van der Waals surface area contributed by atoms with Crippen molar-refractivity contribution in [2.24, 2.45) is 0 Å². The predicted molar refractivity (Wildman–Crippen MR) is 79.5 cm³/mol. The third-order valence-corrected chi connectivity index (χ3v) is 2.74. The topological polar surface area (TPSA) is 68.3 Å². The molecule has 0 aliphatic carbocycles. The first kappa shape index (κ1) is 14.7. The molecule has 0 amide bonds. The number of carbonyl (C=O) groups is 2. The van der Waals surface area contributed by atoms with E-state index >= 15 is 0 Å². The third kappa shape index (κ3) is 4.42. The molecule has 108 valence electrons. The molecule has 0 saturated heterocycles. The lowest BCUT2D eigenvalue weighted by atomic mass is 10.1. The molecule has 21 heavy (non-hydrogen) atoms. The van der Waals surface area contributed by atoms with Crippen LogP contribution in [0.1, 0.15) is 23.7 Å². The van der Waals surface area contributed by atoms with Gasteiger partial charge < -0.3 is 10.1 Å². The van der Waals surface area contributed by atoms with Crippen LogP contribution in [0.4, 0.5) is 11.5 Å². The SMILES string of the molecule is CCOC(=O)CC(=O)c1ccnc(Nc2ccccc2)c1. The summed E-state index contributed by atoms with van der Waals surface area (Å²) in [6.07, 6.45) is 1.27. The van der Waals surface area contributed by atoms with E-state index in [1.54, 1.807) is 19.1 Å². The zero-order valence-electron chi connectivity index (χ0n) is 11.7. The van der Waals surface area contributed by atoms with Crippen molar-refractivity contribution >= 4 is 23.3 Å². The minimum Gasteiger partial charge on any atom is -0.466 e. The summed E-state index contributed by atoms with van der Waals surface area (Å²) >= 11 is 0. The molecule has 0 spiro atoms. The molecule has 0 aliphatic rings. The molecule has 1 aromatic heterocycles. The molecule has 2 rings (SSSR count). The van der Waals surface area contributed by atoms with Gasteiger partial charge in [-0.1, -0.05) is 18.2 Å². The number of esters is 1. The smallest absolute Gasteiger partial charge is 0.313 e. The summed E-state index contributed by atoms with van der Waals surface area (Å²) in [5.74, 6) is -0.250. The number of Topliss-reactive ketones (excluding diaryl/α,β-unsaturated/α-hetero) is 1. The molecule has 1 heterocycles. The number of pyridine rings is 1. The first-order valence-electron chi connectivity index (χ1n) is 6.66. The van der Waals surface area contributed by atoms with E-state index in [0.29, 0.717) is 11.4 Å². The number of ether oxygens (including phenoxy) is 1. The Morgan fingerprint density at radius 3 is 2.67 bits per heavy atom. The molecule has 5 heteroatoms. The van der Waals surface area contributed by atoms with Crippen LogP contribution in [0.3, 0.4) is 0 Å². The van der Waals surface area contributed by atoms with Gasteiger partial charge in [-0.05, 0) is 31.2 Å². The van der Waals surface area contributed by atoms with Crippen molar-refractivity contribution < 1.29 is 14.3 Å². The maximum atomic E-state index is 12.0. The summed E-state index contributed by atoms with van der Waals surface area (Å²) in [5, 5.41) is 3.10. The minimum absolute atomic E-state index is 0.261. The normalized spacial score (nSPS) is 9.95. The van der Waals surface area contributed by atoms with Gasteiger partial charge in [0.2, 0.25) is 0 Å². The molecule has 0 unspecified atom stereocenters. The standard InChI is InChI=1S/C16H16N2O3/c1-2-21-16(20)11-14(19)12-8-9-17-15(10-12)18-13-6-4-3-5-7-13/h3-10H,2,11H2,1H3,(H,17,18). The summed E-state index contributed by atoms with van der Waals surface area (Å²) in [6, 6.07) is 12.7. The molecule has 0 fully saturated rings. The van der Waals surface area contributed by atoms with Crippen molar-refractivity contribution in [3.8, 4) is 0 Å². The summed E-state index contributed by atoms with van der Waals surface area (Å²) in [6.45, 7) is 1.97. The maximum absolute atomic E-state index is 12.0. The highest BCUT2D eigenvalue weighted by Crippen LogP contribution is 2.15. The predicted octanol–water partition coefficient (Wildman–Crippen LogP) is 2.96. The van der Waals surface area contributed by atoms with Gasteiger partial charge in [-0.2, -0.15) is 0 Å². The number of benzene rings is 1. The highest BCUT2D eigenvalue weighted by atomic mass is 16.5. The van der Waals surface area contributed by atoms with E-state index in [4.69, 9.17) is 4.74 Å². The average Bonchev–Trinajstić information content (AvgIpc) is 2.49. The first-order valence-corrected chi connectivity index (χ1v) is 6.66. The zero-order chi connectivity index (χ0) is 15.1. The van der Waals surface area contributed by atoms with Crippen LogP contribution in [0, 0.1) is 0 Å². The first-order chi connectivity index (χ1) is 10.2. The largest absolute Gasteiger partial charge is 0.466 e. The number of nitrogens with one attached hydrogen (secondary N) is 1. The van der Waals surface area contributed by atoms with Crippen LogP contribution in [0.15, 0.2) is 48.7 Å². The van der Waals surface area contributed by atoms with Crippen LogP contribution >= 0.6 is 0 Å². The van der Waals surface area contributed by atoms with Gasteiger partial charge in [0.05, 0.1) is 6.61 Å². The molecular formula is C16H16N2O3. The molecule has 0 bridgehead atoms. The van der Waals surface area contributed by atoms with Gasteiger partial charge in [0, 0.05) is 17.4 Å². The van der Waals surface area contributed by atoms with Gasteiger partial charge in [-0.15, -0.1) is 0 Å². The van der Waals surface area contributed by atoms with E-state index in [0.717, 1.165) is 5.69 Å². The van der Waals surface area contributed by atoms with Crippen LogP contribution < -0.4 is 5.32 Å². The van der Waals surface area contributed by atoms with Crippen LogP contribution in [0.2, 0.25) is 0 Å². The Kier molecular flexibility index (Phi) is 5.04. The molecule has 0 atom stereocenters.